The summed E-state index contributed by atoms with van der Waals surface area (Å²) in [6.07, 6.45) is 4.69. The highest BCUT2D eigenvalue weighted by Crippen LogP contribution is 2.34. The summed E-state index contributed by atoms with van der Waals surface area (Å²) in [6.45, 7) is 0.477. The molecule has 0 bridgehead atoms. The maximum Gasteiger partial charge on any atom is 0.308 e. The first-order valence-corrected chi connectivity index (χ1v) is 8.52. The Morgan fingerprint density at radius 1 is 1.15 bits per heavy atom. The van der Waals surface area contributed by atoms with E-state index in [2.05, 4.69) is 20.2 Å². The number of pyridine rings is 1. The molecule has 0 unspecified atom stereocenters. The van der Waals surface area contributed by atoms with Gasteiger partial charge in [0.2, 0.25) is 0 Å². The molecule has 1 fully saturated rings. The van der Waals surface area contributed by atoms with E-state index in [1.807, 2.05) is 12.1 Å². The largest absolute Gasteiger partial charge is 0.481 e. The number of carbonyl (C=O) groups is 2. The number of benzene rings is 1. The van der Waals surface area contributed by atoms with Gasteiger partial charge in [-0.15, -0.1) is 0 Å². The van der Waals surface area contributed by atoms with Gasteiger partial charge >= 0.3 is 5.97 Å². The van der Waals surface area contributed by atoms with Crippen LogP contribution >= 0.6 is 0 Å². The lowest BCUT2D eigenvalue weighted by atomic mass is 9.90. The van der Waals surface area contributed by atoms with Crippen molar-refractivity contribution in [1.29, 1.82) is 0 Å². The van der Waals surface area contributed by atoms with E-state index in [0.717, 1.165) is 5.56 Å². The van der Waals surface area contributed by atoms with Crippen LogP contribution in [0.4, 0.5) is 0 Å². The van der Waals surface area contributed by atoms with Crippen molar-refractivity contribution in [3.05, 3.63) is 66.2 Å². The van der Waals surface area contributed by atoms with Crippen LogP contribution < -0.4 is 0 Å². The third-order valence-corrected chi connectivity index (χ3v) is 4.86. The minimum Gasteiger partial charge on any atom is -0.481 e. The summed E-state index contributed by atoms with van der Waals surface area (Å²) < 4.78 is 0. The minimum atomic E-state index is -0.914. The van der Waals surface area contributed by atoms with Crippen molar-refractivity contribution >= 4 is 11.9 Å². The second-order valence-electron chi connectivity index (χ2n) is 6.43. The summed E-state index contributed by atoms with van der Waals surface area (Å²) in [4.78, 5) is 34.7. The van der Waals surface area contributed by atoms with Gasteiger partial charge in [-0.3, -0.25) is 19.7 Å². The summed E-state index contributed by atoms with van der Waals surface area (Å²) in [5.41, 5.74) is 1.92. The number of aromatic nitrogens is 4. The van der Waals surface area contributed by atoms with Crippen LogP contribution in [0, 0.1) is 5.92 Å². The number of carboxylic acids is 1. The quantitative estimate of drug-likeness (QED) is 0.731. The van der Waals surface area contributed by atoms with Gasteiger partial charge in [-0.05, 0) is 17.7 Å². The van der Waals surface area contributed by atoms with Gasteiger partial charge < -0.3 is 10.0 Å². The smallest absolute Gasteiger partial charge is 0.308 e. The number of likely N-dealkylation sites (tertiary alicyclic amines) is 1. The average molecular weight is 363 g/mol. The molecule has 2 aromatic heterocycles. The molecule has 3 aromatic rings. The number of amides is 1. The number of aromatic amines is 1. The van der Waals surface area contributed by atoms with Crippen molar-refractivity contribution in [3.8, 4) is 11.4 Å². The average Bonchev–Trinajstić information content (AvgIpc) is 3.38. The Morgan fingerprint density at radius 3 is 2.70 bits per heavy atom. The van der Waals surface area contributed by atoms with Crippen LogP contribution in [-0.4, -0.2) is 55.1 Å². The third kappa shape index (κ3) is 3.17. The molecular formula is C19H17N5O3. The van der Waals surface area contributed by atoms with Crippen LogP contribution in [0.25, 0.3) is 11.4 Å². The first kappa shape index (κ1) is 16.9. The fraction of sp³-hybridized carbons (Fsp3) is 0.211. The number of rotatable bonds is 4. The zero-order valence-electron chi connectivity index (χ0n) is 14.3. The molecule has 2 N–H and O–H groups in total. The van der Waals surface area contributed by atoms with Gasteiger partial charge in [0.25, 0.3) is 5.91 Å². The molecule has 1 aromatic carbocycles. The van der Waals surface area contributed by atoms with E-state index in [9.17, 15) is 14.7 Å². The number of nitrogens with one attached hydrogen (secondary N) is 1. The van der Waals surface area contributed by atoms with E-state index in [-0.39, 0.29) is 18.4 Å². The van der Waals surface area contributed by atoms with E-state index in [4.69, 9.17) is 0 Å². The highest BCUT2D eigenvalue weighted by Gasteiger charge is 2.41. The predicted octanol–water partition coefficient (Wildman–Crippen LogP) is 1.81. The van der Waals surface area contributed by atoms with Crippen molar-refractivity contribution in [1.82, 2.24) is 25.1 Å². The maximum atomic E-state index is 13.2. The molecule has 0 saturated carbocycles. The van der Waals surface area contributed by atoms with E-state index in [0.29, 0.717) is 23.5 Å². The first-order chi connectivity index (χ1) is 13.1. The second-order valence-corrected chi connectivity index (χ2v) is 6.43. The monoisotopic (exact) mass is 363 g/mol. The van der Waals surface area contributed by atoms with Crippen LogP contribution in [0.1, 0.15) is 21.8 Å². The molecular weight excluding hydrogens is 346 g/mol. The highest BCUT2D eigenvalue weighted by atomic mass is 16.4. The summed E-state index contributed by atoms with van der Waals surface area (Å²) in [7, 11) is 0. The molecule has 1 saturated heterocycles. The molecule has 4 rings (SSSR count). The molecule has 0 spiro atoms. The first-order valence-electron chi connectivity index (χ1n) is 8.52. The predicted molar refractivity (Wildman–Crippen MR) is 95.8 cm³/mol. The number of H-pyrrole nitrogens is 1. The summed E-state index contributed by atoms with van der Waals surface area (Å²) in [6, 6.07) is 10.7. The summed E-state index contributed by atoms with van der Waals surface area (Å²) in [5.74, 6) is -1.60. The molecule has 1 aliphatic rings. The fourth-order valence-corrected chi connectivity index (χ4v) is 3.53. The van der Waals surface area contributed by atoms with Crippen LogP contribution in [-0.2, 0) is 4.79 Å². The maximum absolute atomic E-state index is 13.2. The normalized spacial score (nSPS) is 19.2. The number of carboxylic acid groups (broad SMARTS) is 1. The van der Waals surface area contributed by atoms with Crippen molar-refractivity contribution in [2.75, 3.05) is 13.1 Å². The molecule has 27 heavy (non-hydrogen) atoms. The molecule has 2 atom stereocenters. The van der Waals surface area contributed by atoms with Gasteiger partial charge in [0.1, 0.15) is 6.33 Å². The summed E-state index contributed by atoms with van der Waals surface area (Å²) >= 11 is 0. The SMILES string of the molecule is O=C(O)[C@@H]1CN(C(=O)c2ccccc2-c2ncn[nH]2)C[C@H]1c1cccnc1. The lowest BCUT2D eigenvalue weighted by Gasteiger charge is -2.18. The molecule has 8 nitrogen and oxygen atoms in total. The van der Waals surface area contributed by atoms with Crippen molar-refractivity contribution < 1.29 is 14.7 Å². The molecule has 0 radical (unpaired) electrons. The molecule has 0 aliphatic carbocycles. The van der Waals surface area contributed by atoms with Gasteiger partial charge in [0, 0.05) is 37.0 Å². The molecule has 136 valence electrons. The summed E-state index contributed by atoms with van der Waals surface area (Å²) in [5, 5.41) is 16.2. The van der Waals surface area contributed by atoms with E-state index in [1.165, 1.54) is 6.33 Å². The standard InChI is InChI=1S/C19H17N5O3/c25-18(14-6-2-1-5-13(14)17-21-11-22-23-17)24-9-15(16(10-24)19(26)27)12-4-3-7-20-8-12/h1-8,11,15-16H,9-10H2,(H,26,27)(H,21,22,23)/t15-,16+/m0/s1. The van der Waals surface area contributed by atoms with Crippen LogP contribution in [0.15, 0.2) is 55.1 Å². The van der Waals surface area contributed by atoms with Gasteiger partial charge in [0.05, 0.1) is 11.5 Å². The van der Waals surface area contributed by atoms with Gasteiger partial charge in [-0.25, -0.2) is 4.98 Å². The minimum absolute atomic E-state index is 0.151. The zero-order valence-corrected chi connectivity index (χ0v) is 14.3. The molecule has 3 heterocycles. The number of nitrogens with zero attached hydrogens (tertiary/aromatic N) is 4. The zero-order chi connectivity index (χ0) is 18.8. The third-order valence-electron chi connectivity index (χ3n) is 4.86. The lowest BCUT2D eigenvalue weighted by Crippen LogP contribution is -2.30. The Bertz CT molecular complexity index is 958. The fourth-order valence-electron chi connectivity index (χ4n) is 3.53. The van der Waals surface area contributed by atoms with Crippen LogP contribution in [0.5, 0.6) is 0 Å². The number of carbonyl (C=O) groups excluding carboxylic acids is 1. The number of aliphatic carboxylic acids is 1. The van der Waals surface area contributed by atoms with E-state index < -0.39 is 11.9 Å². The Morgan fingerprint density at radius 2 is 2.00 bits per heavy atom. The van der Waals surface area contributed by atoms with Crippen LogP contribution in [0.2, 0.25) is 0 Å². The molecule has 1 amide bonds. The molecule has 8 heteroatoms. The molecule has 1 aliphatic heterocycles. The Kier molecular flexibility index (Phi) is 4.37. The second kappa shape index (κ2) is 6.99. The number of hydrogen-bond donors (Lipinski definition) is 2. The Balaban J connectivity index is 1.65. The highest BCUT2D eigenvalue weighted by molar-refractivity contribution is 6.00. The topological polar surface area (TPSA) is 112 Å². The lowest BCUT2D eigenvalue weighted by molar-refractivity contribution is -0.141. The van der Waals surface area contributed by atoms with Gasteiger partial charge in [0.15, 0.2) is 5.82 Å². The Hall–Kier alpha value is -3.55. The van der Waals surface area contributed by atoms with Crippen molar-refractivity contribution in [3.63, 3.8) is 0 Å². The van der Waals surface area contributed by atoms with Gasteiger partial charge in [-0.1, -0.05) is 24.3 Å². The number of hydrogen-bond acceptors (Lipinski definition) is 5. The van der Waals surface area contributed by atoms with E-state index in [1.54, 1.807) is 41.6 Å². The van der Waals surface area contributed by atoms with E-state index >= 15 is 0 Å². The van der Waals surface area contributed by atoms with Crippen molar-refractivity contribution in [2.45, 2.75) is 5.92 Å². The Labute approximate surface area is 154 Å². The van der Waals surface area contributed by atoms with Crippen molar-refractivity contribution in [2.24, 2.45) is 5.92 Å². The van der Waals surface area contributed by atoms with Crippen LogP contribution in [0.3, 0.4) is 0 Å². The van der Waals surface area contributed by atoms with Gasteiger partial charge in [-0.2, -0.15) is 5.10 Å².